The molecule has 8 heteroatoms. The van der Waals surface area contributed by atoms with Crippen LogP contribution in [0, 0.1) is 0 Å². The van der Waals surface area contributed by atoms with Crippen molar-refractivity contribution in [3.63, 3.8) is 0 Å². The molecule has 0 bridgehead atoms. The maximum Gasteiger partial charge on any atom is 0.193 e. The van der Waals surface area contributed by atoms with Crippen molar-refractivity contribution in [2.24, 2.45) is 10.7 Å². The number of guanidine groups is 1. The first-order chi connectivity index (χ1) is 11.7. The number of hydrogen-bond donors (Lipinski definition) is 2. The van der Waals surface area contributed by atoms with Gasteiger partial charge in [-0.05, 0) is 18.7 Å². The van der Waals surface area contributed by atoms with Crippen molar-refractivity contribution < 1.29 is 9.47 Å². The summed E-state index contributed by atoms with van der Waals surface area (Å²) >= 11 is 0. The van der Waals surface area contributed by atoms with Gasteiger partial charge in [0.25, 0.3) is 0 Å². The summed E-state index contributed by atoms with van der Waals surface area (Å²) in [4.78, 5) is 9.30. The van der Waals surface area contributed by atoms with Gasteiger partial charge in [-0.1, -0.05) is 6.92 Å². The fraction of sp³-hybridized carbons (Fsp3) is 0.588. The number of nitrogens with two attached hydrogens (primary N) is 1. The second-order valence-corrected chi connectivity index (χ2v) is 5.73. The topological polar surface area (TPSA) is 75.4 Å². The summed E-state index contributed by atoms with van der Waals surface area (Å²) in [5.41, 5.74) is 6.74. The number of hydrogen-bond acceptors (Lipinski definition) is 5. The molecule has 3 N–H and O–H groups in total. The van der Waals surface area contributed by atoms with Crippen molar-refractivity contribution in [3.05, 3.63) is 18.2 Å². The highest BCUT2D eigenvalue weighted by Gasteiger charge is 2.14. The third kappa shape index (κ3) is 6.87. The number of likely N-dealkylation sites (N-methyl/N-ethyl adjacent to an activating group) is 1. The van der Waals surface area contributed by atoms with E-state index in [0.29, 0.717) is 18.3 Å². The van der Waals surface area contributed by atoms with Crippen molar-refractivity contribution in [3.8, 4) is 11.5 Å². The van der Waals surface area contributed by atoms with Gasteiger partial charge in [-0.3, -0.25) is 9.89 Å². The summed E-state index contributed by atoms with van der Waals surface area (Å²) in [6.07, 6.45) is 0. The predicted molar refractivity (Wildman–Crippen MR) is 114 cm³/mol. The third-order valence-electron chi connectivity index (χ3n) is 4.28. The second-order valence-electron chi connectivity index (χ2n) is 5.73. The van der Waals surface area contributed by atoms with Crippen LogP contribution in [0.4, 0.5) is 5.69 Å². The van der Waals surface area contributed by atoms with E-state index in [2.05, 4.69) is 27.0 Å². The molecule has 7 nitrogen and oxygen atoms in total. The van der Waals surface area contributed by atoms with E-state index < -0.39 is 0 Å². The molecule has 0 aliphatic carbocycles. The first-order valence-electron chi connectivity index (χ1n) is 8.40. The molecule has 1 aliphatic heterocycles. The Balaban J connectivity index is 0.00000312. The molecule has 0 unspecified atom stereocenters. The van der Waals surface area contributed by atoms with Gasteiger partial charge < -0.3 is 25.4 Å². The zero-order valence-electron chi connectivity index (χ0n) is 15.3. The minimum atomic E-state index is 0. The number of aliphatic imine (C=N–C) groups is 1. The van der Waals surface area contributed by atoms with E-state index in [9.17, 15) is 0 Å². The molecule has 0 amide bonds. The van der Waals surface area contributed by atoms with E-state index in [-0.39, 0.29) is 24.0 Å². The lowest BCUT2D eigenvalue weighted by molar-refractivity contribution is 0.140. The van der Waals surface area contributed by atoms with E-state index in [1.807, 2.05) is 18.2 Å². The molecular formula is C17H30IN5O2. The van der Waals surface area contributed by atoms with Crippen LogP contribution in [0.3, 0.4) is 0 Å². The van der Waals surface area contributed by atoms with Crippen LogP contribution < -0.4 is 20.5 Å². The zero-order valence-corrected chi connectivity index (χ0v) is 17.7. The average molecular weight is 463 g/mol. The molecule has 2 rings (SSSR count). The van der Waals surface area contributed by atoms with Crippen molar-refractivity contribution >= 4 is 35.6 Å². The second kappa shape index (κ2) is 11.4. The Hall–Kier alpha value is -1.26. The predicted octanol–water partition coefficient (Wildman–Crippen LogP) is 1.69. The highest BCUT2D eigenvalue weighted by atomic mass is 127. The molecule has 0 aromatic heterocycles. The molecule has 1 aliphatic rings. The Morgan fingerprint density at radius 1 is 1.16 bits per heavy atom. The van der Waals surface area contributed by atoms with Gasteiger partial charge in [-0.15, -0.1) is 24.0 Å². The summed E-state index contributed by atoms with van der Waals surface area (Å²) in [6.45, 7) is 9.40. The largest absolute Gasteiger partial charge is 0.497 e. The van der Waals surface area contributed by atoms with E-state index in [1.54, 1.807) is 14.2 Å². The van der Waals surface area contributed by atoms with Crippen molar-refractivity contribution in [2.75, 3.05) is 65.3 Å². The smallest absolute Gasteiger partial charge is 0.193 e. The summed E-state index contributed by atoms with van der Waals surface area (Å²) in [5, 5.41) is 3.09. The van der Waals surface area contributed by atoms with E-state index in [0.717, 1.165) is 50.7 Å². The van der Waals surface area contributed by atoms with Gasteiger partial charge in [0.05, 0.1) is 26.5 Å². The summed E-state index contributed by atoms with van der Waals surface area (Å²) in [5.74, 6) is 1.82. The van der Waals surface area contributed by atoms with Crippen LogP contribution in [0.2, 0.25) is 0 Å². The lowest BCUT2D eigenvalue weighted by Crippen LogP contribution is -2.46. The third-order valence-corrected chi connectivity index (χ3v) is 4.28. The van der Waals surface area contributed by atoms with Crippen molar-refractivity contribution in [2.45, 2.75) is 6.92 Å². The van der Waals surface area contributed by atoms with E-state index >= 15 is 0 Å². The van der Waals surface area contributed by atoms with Crippen LogP contribution in [0.5, 0.6) is 11.5 Å². The van der Waals surface area contributed by atoms with Gasteiger partial charge in [0, 0.05) is 38.8 Å². The maximum atomic E-state index is 6.00. The number of nitrogens with one attached hydrogen (secondary N) is 1. The van der Waals surface area contributed by atoms with Crippen LogP contribution in [0.1, 0.15) is 6.92 Å². The summed E-state index contributed by atoms with van der Waals surface area (Å²) in [6, 6.07) is 5.51. The van der Waals surface area contributed by atoms with Gasteiger partial charge in [0.15, 0.2) is 5.96 Å². The highest BCUT2D eigenvalue weighted by Crippen LogP contribution is 2.28. The summed E-state index contributed by atoms with van der Waals surface area (Å²) in [7, 11) is 3.25. The molecule has 1 aromatic rings. The lowest BCUT2D eigenvalue weighted by atomic mass is 10.2. The van der Waals surface area contributed by atoms with Gasteiger partial charge in [-0.25, -0.2) is 0 Å². The normalized spacial score (nSPS) is 16.2. The molecular weight excluding hydrogens is 433 g/mol. The number of halogens is 1. The Kier molecular flexibility index (Phi) is 9.91. The van der Waals surface area contributed by atoms with Crippen LogP contribution in [-0.2, 0) is 0 Å². The number of piperazine rings is 1. The Bertz CT molecular complexity index is 548. The fourth-order valence-electron chi connectivity index (χ4n) is 2.73. The number of methoxy groups -OCH3 is 2. The van der Waals surface area contributed by atoms with Crippen LogP contribution in [-0.4, -0.2) is 75.8 Å². The van der Waals surface area contributed by atoms with Crippen LogP contribution in [0.15, 0.2) is 23.2 Å². The lowest BCUT2D eigenvalue weighted by Gasteiger charge is -2.33. The van der Waals surface area contributed by atoms with Crippen LogP contribution in [0.25, 0.3) is 0 Å². The minimum absolute atomic E-state index is 0. The first-order valence-corrected chi connectivity index (χ1v) is 8.40. The van der Waals surface area contributed by atoms with Crippen molar-refractivity contribution in [1.82, 2.24) is 9.80 Å². The number of ether oxygens (including phenoxy) is 2. The Morgan fingerprint density at radius 2 is 1.84 bits per heavy atom. The Labute approximate surface area is 167 Å². The fourth-order valence-corrected chi connectivity index (χ4v) is 2.73. The molecule has 0 spiro atoms. The minimum Gasteiger partial charge on any atom is -0.497 e. The number of nitrogens with zero attached hydrogens (tertiary/aromatic N) is 3. The maximum absolute atomic E-state index is 6.00. The van der Waals surface area contributed by atoms with E-state index in [1.165, 1.54) is 0 Å². The Morgan fingerprint density at radius 3 is 2.44 bits per heavy atom. The molecule has 1 saturated heterocycles. The number of rotatable bonds is 7. The summed E-state index contributed by atoms with van der Waals surface area (Å²) < 4.78 is 10.6. The van der Waals surface area contributed by atoms with E-state index in [4.69, 9.17) is 15.2 Å². The molecule has 142 valence electrons. The first kappa shape index (κ1) is 21.8. The zero-order chi connectivity index (χ0) is 17.4. The van der Waals surface area contributed by atoms with Gasteiger partial charge >= 0.3 is 0 Å². The molecule has 25 heavy (non-hydrogen) atoms. The molecule has 0 radical (unpaired) electrons. The number of benzene rings is 1. The standard InChI is InChI=1S/C17H29N5O2.HI/c1-4-21-9-11-22(12-10-21)8-7-19-17(18)20-15-13-14(23-2)5-6-16(15)24-3;/h5-6,13H,4,7-12H2,1-3H3,(H3,18,19,20);1H. The number of anilines is 1. The van der Waals surface area contributed by atoms with Crippen molar-refractivity contribution in [1.29, 1.82) is 0 Å². The van der Waals surface area contributed by atoms with Gasteiger partial charge in [-0.2, -0.15) is 0 Å². The molecule has 0 saturated carbocycles. The molecule has 1 heterocycles. The SMILES string of the molecule is CCN1CCN(CCN=C(N)Nc2cc(OC)ccc2OC)CC1.I. The highest BCUT2D eigenvalue weighted by molar-refractivity contribution is 14.0. The average Bonchev–Trinajstić information content (AvgIpc) is 2.62. The molecule has 1 fully saturated rings. The van der Waals surface area contributed by atoms with Crippen LogP contribution >= 0.6 is 24.0 Å². The molecule has 0 atom stereocenters. The quantitative estimate of drug-likeness (QED) is 0.364. The monoisotopic (exact) mass is 463 g/mol. The van der Waals surface area contributed by atoms with Gasteiger partial charge in [0.2, 0.25) is 0 Å². The van der Waals surface area contributed by atoms with Gasteiger partial charge in [0.1, 0.15) is 11.5 Å². The molecule has 1 aromatic carbocycles.